The SMILES string of the molecule is O=c1cc(CN2CCC[C@H](N3CCN(Cc4ccc5c(c4)OCO5)CC3)C2)[nH]c(=O)[nH]1. The molecule has 3 aliphatic rings. The lowest BCUT2D eigenvalue weighted by Gasteiger charge is -2.43. The molecule has 2 N–H and O–H groups in total. The third-order valence-corrected chi connectivity index (χ3v) is 6.46. The van der Waals surface area contributed by atoms with Crippen LogP contribution in [0.25, 0.3) is 0 Å². The third-order valence-electron chi connectivity index (χ3n) is 6.46. The number of aromatic amines is 2. The van der Waals surface area contributed by atoms with Crippen molar-refractivity contribution in [1.29, 1.82) is 0 Å². The number of H-pyrrole nitrogens is 2. The first-order valence-electron chi connectivity index (χ1n) is 11.0. The third kappa shape index (κ3) is 4.84. The van der Waals surface area contributed by atoms with Crippen LogP contribution in [0.1, 0.15) is 24.1 Å². The highest BCUT2D eigenvalue weighted by molar-refractivity contribution is 5.44. The highest BCUT2D eigenvalue weighted by atomic mass is 16.7. The standard InChI is InChI=1S/C22H29N5O4/c28-21-11-17(23-22(29)24-21)13-26-5-1-2-18(14-26)27-8-6-25(7-9-27)12-16-3-4-19-20(10-16)31-15-30-19/h3-4,10-11,18H,1-2,5-9,12-15H2,(H2,23,24,28,29)/t18-/m0/s1. The second-order valence-electron chi connectivity index (χ2n) is 8.64. The van der Waals surface area contributed by atoms with E-state index in [1.165, 1.54) is 18.1 Å². The maximum Gasteiger partial charge on any atom is 0.325 e. The number of rotatable bonds is 5. The van der Waals surface area contributed by atoms with Crippen molar-refractivity contribution in [2.45, 2.75) is 32.0 Å². The van der Waals surface area contributed by atoms with Gasteiger partial charge in [0.05, 0.1) is 0 Å². The summed E-state index contributed by atoms with van der Waals surface area (Å²) in [5.41, 5.74) is 1.16. The molecule has 1 atom stereocenters. The van der Waals surface area contributed by atoms with Crippen LogP contribution in [0.5, 0.6) is 11.5 Å². The lowest BCUT2D eigenvalue weighted by Crippen LogP contribution is -2.54. The Morgan fingerprint density at radius 1 is 0.903 bits per heavy atom. The normalized spacial score (nSPS) is 22.6. The molecular weight excluding hydrogens is 398 g/mol. The first kappa shape index (κ1) is 20.3. The van der Waals surface area contributed by atoms with Gasteiger partial charge in [-0.1, -0.05) is 6.07 Å². The topological polar surface area (TPSA) is 93.9 Å². The fourth-order valence-electron chi connectivity index (χ4n) is 4.90. The van der Waals surface area contributed by atoms with Crippen molar-refractivity contribution in [1.82, 2.24) is 24.7 Å². The van der Waals surface area contributed by atoms with Crippen molar-refractivity contribution in [2.75, 3.05) is 46.1 Å². The lowest BCUT2D eigenvalue weighted by atomic mass is 10.0. The molecule has 0 aliphatic carbocycles. The predicted molar refractivity (Wildman–Crippen MR) is 115 cm³/mol. The van der Waals surface area contributed by atoms with Crippen LogP contribution in [-0.2, 0) is 13.1 Å². The van der Waals surface area contributed by atoms with E-state index in [1.807, 2.05) is 6.07 Å². The van der Waals surface area contributed by atoms with Gasteiger partial charge in [0, 0.05) is 63.6 Å². The largest absolute Gasteiger partial charge is 0.454 e. The van der Waals surface area contributed by atoms with Crippen LogP contribution in [0, 0.1) is 0 Å². The molecule has 5 rings (SSSR count). The van der Waals surface area contributed by atoms with Crippen molar-refractivity contribution < 1.29 is 9.47 Å². The monoisotopic (exact) mass is 427 g/mol. The number of piperidine rings is 1. The molecule has 9 heteroatoms. The number of benzene rings is 1. The Balaban J connectivity index is 1.13. The molecule has 3 aliphatic heterocycles. The number of aromatic nitrogens is 2. The zero-order valence-corrected chi connectivity index (χ0v) is 17.6. The van der Waals surface area contributed by atoms with Crippen LogP contribution < -0.4 is 20.7 Å². The minimum Gasteiger partial charge on any atom is -0.454 e. The molecular formula is C22H29N5O4. The van der Waals surface area contributed by atoms with Gasteiger partial charge in [-0.25, -0.2) is 4.79 Å². The van der Waals surface area contributed by atoms with Gasteiger partial charge < -0.3 is 14.5 Å². The Kier molecular flexibility index (Phi) is 5.80. The summed E-state index contributed by atoms with van der Waals surface area (Å²) < 4.78 is 10.9. The Bertz CT molecular complexity index is 999. The Labute approximate surface area is 180 Å². The van der Waals surface area contributed by atoms with Gasteiger partial charge in [-0.05, 0) is 37.1 Å². The summed E-state index contributed by atoms with van der Waals surface area (Å²) >= 11 is 0. The molecule has 0 saturated carbocycles. The molecule has 0 radical (unpaired) electrons. The second kappa shape index (κ2) is 8.86. The maximum absolute atomic E-state index is 11.6. The second-order valence-corrected chi connectivity index (χ2v) is 8.64. The quantitative estimate of drug-likeness (QED) is 0.721. The Morgan fingerprint density at radius 2 is 1.74 bits per heavy atom. The summed E-state index contributed by atoms with van der Waals surface area (Å²) in [6.45, 7) is 8.03. The molecule has 31 heavy (non-hydrogen) atoms. The first-order valence-corrected chi connectivity index (χ1v) is 11.0. The summed E-state index contributed by atoms with van der Waals surface area (Å²) in [7, 11) is 0. The molecule has 0 amide bonds. The van der Waals surface area contributed by atoms with Crippen molar-refractivity contribution in [3.63, 3.8) is 0 Å². The number of likely N-dealkylation sites (tertiary alicyclic amines) is 1. The molecule has 2 aromatic rings. The highest BCUT2D eigenvalue weighted by Crippen LogP contribution is 2.33. The maximum atomic E-state index is 11.6. The Morgan fingerprint density at radius 3 is 2.58 bits per heavy atom. The number of hydrogen-bond acceptors (Lipinski definition) is 7. The van der Waals surface area contributed by atoms with Crippen molar-refractivity contribution in [2.24, 2.45) is 0 Å². The fourth-order valence-corrected chi connectivity index (χ4v) is 4.90. The van der Waals surface area contributed by atoms with E-state index in [9.17, 15) is 9.59 Å². The molecule has 0 spiro atoms. The molecule has 2 saturated heterocycles. The van der Waals surface area contributed by atoms with Gasteiger partial charge >= 0.3 is 5.69 Å². The van der Waals surface area contributed by atoms with Crippen molar-refractivity contribution in [3.8, 4) is 11.5 Å². The van der Waals surface area contributed by atoms with Gasteiger partial charge in [0.2, 0.25) is 6.79 Å². The van der Waals surface area contributed by atoms with Crippen LogP contribution in [0.2, 0.25) is 0 Å². The van der Waals surface area contributed by atoms with Crippen LogP contribution in [0.3, 0.4) is 0 Å². The van der Waals surface area contributed by atoms with Gasteiger partial charge in [0.15, 0.2) is 11.5 Å². The average Bonchev–Trinajstić information content (AvgIpc) is 3.22. The molecule has 4 heterocycles. The summed E-state index contributed by atoms with van der Waals surface area (Å²) in [6, 6.07) is 8.22. The van der Waals surface area contributed by atoms with Gasteiger partial charge in [-0.15, -0.1) is 0 Å². The molecule has 9 nitrogen and oxygen atoms in total. The van der Waals surface area contributed by atoms with E-state index in [0.29, 0.717) is 25.1 Å². The number of ether oxygens (including phenoxy) is 2. The van der Waals surface area contributed by atoms with Crippen LogP contribution >= 0.6 is 0 Å². The van der Waals surface area contributed by atoms with E-state index in [1.54, 1.807) is 0 Å². The highest BCUT2D eigenvalue weighted by Gasteiger charge is 2.28. The van der Waals surface area contributed by atoms with E-state index in [2.05, 4.69) is 36.8 Å². The summed E-state index contributed by atoms with van der Waals surface area (Å²) in [5, 5.41) is 0. The number of nitrogens with one attached hydrogen (secondary N) is 2. The zero-order valence-electron chi connectivity index (χ0n) is 17.6. The molecule has 1 aromatic heterocycles. The fraction of sp³-hybridized carbons (Fsp3) is 0.545. The van der Waals surface area contributed by atoms with E-state index >= 15 is 0 Å². The van der Waals surface area contributed by atoms with Gasteiger partial charge in [-0.2, -0.15) is 0 Å². The number of nitrogens with zero attached hydrogens (tertiary/aromatic N) is 3. The molecule has 1 aromatic carbocycles. The van der Waals surface area contributed by atoms with Gasteiger partial charge in [0.25, 0.3) is 5.56 Å². The zero-order chi connectivity index (χ0) is 21.2. The van der Waals surface area contributed by atoms with Crippen LogP contribution in [-0.4, -0.2) is 76.8 Å². The molecule has 2 fully saturated rings. The molecule has 166 valence electrons. The summed E-state index contributed by atoms with van der Waals surface area (Å²) in [6.07, 6.45) is 2.33. The summed E-state index contributed by atoms with van der Waals surface area (Å²) in [5.74, 6) is 1.68. The van der Waals surface area contributed by atoms with Gasteiger partial charge in [-0.3, -0.25) is 24.5 Å². The average molecular weight is 428 g/mol. The van der Waals surface area contributed by atoms with Gasteiger partial charge in [0.1, 0.15) is 0 Å². The number of fused-ring (bicyclic) bond motifs is 1. The summed E-state index contributed by atoms with van der Waals surface area (Å²) in [4.78, 5) is 35.5. The molecule has 0 bridgehead atoms. The predicted octanol–water partition coefficient (Wildman–Crippen LogP) is 0.574. The first-order chi connectivity index (χ1) is 15.1. The van der Waals surface area contributed by atoms with E-state index in [0.717, 1.165) is 63.7 Å². The number of hydrogen-bond donors (Lipinski definition) is 2. The molecule has 0 unspecified atom stereocenters. The van der Waals surface area contributed by atoms with Crippen LogP contribution in [0.15, 0.2) is 33.9 Å². The van der Waals surface area contributed by atoms with Crippen molar-refractivity contribution >= 4 is 0 Å². The minimum absolute atomic E-state index is 0.312. The van der Waals surface area contributed by atoms with E-state index < -0.39 is 5.69 Å². The smallest absolute Gasteiger partial charge is 0.325 e. The Hall–Kier alpha value is -2.62. The minimum atomic E-state index is -0.436. The lowest BCUT2D eigenvalue weighted by molar-refractivity contribution is 0.0473. The van der Waals surface area contributed by atoms with E-state index in [4.69, 9.17) is 9.47 Å². The van der Waals surface area contributed by atoms with Crippen LogP contribution in [0.4, 0.5) is 0 Å². The van der Waals surface area contributed by atoms with Crippen molar-refractivity contribution in [3.05, 3.63) is 56.4 Å². The van der Waals surface area contributed by atoms with E-state index in [-0.39, 0.29) is 5.56 Å². The number of piperazine rings is 1.